The quantitative estimate of drug-likeness (QED) is 0.788. The number of halogens is 1. The first-order valence-corrected chi connectivity index (χ1v) is 8.45. The average Bonchev–Trinajstić information content (AvgIpc) is 2.73. The zero-order valence-electron chi connectivity index (χ0n) is 10.1. The summed E-state index contributed by atoms with van der Waals surface area (Å²) in [6.07, 6.45) is 0.994. The zero-order chi connectivity index (χ0) is 14.0. The van der Waals surface area contributed by atoms with Gasteiger partial charge in [-0.2, -0.15) is 4.72 Å². The Balaban J connectivity index is 3.11. The molecule has 0 atom stereocenters. The van der Waals surface area contributed by atoms with Crippen molar-refractivity contribution < 1.29 is 8.42 Å². The third-order valence-corrected chi connectivity index (χ3v) is 6.47. The molecule has 3 N–H and O–H groups in total. The first-order valence-electron chi connectivity index (χ1n) is 5.36. The zero-order valence-corrected chi connectivity index (χ0v) is 13.3. The van der Waals surface area contributed by atoms with Crippen LogP contribution in [0, 0.1) is 0 Å². The Morgan fingerprint density at radius 3 is 2.39 bits per heavy atom. The summed E-state index contributed by atoms with van der Waals surface area (Å²) < 4.78 is 27.6. The van der Waals surface area contributed by atoms with Gasteiger partial charge in [0.25, 0.3) is 10.0 Å². The summed E-state index contributed by atoms with van der Waals surface area (Å²) >= 11 is 11.7. The summed E-state index contributed by atoms with van der Waals surface area (Å²) in [4.78, 5) is 0.152. The molecule has 0 bridgehead atoms. The van der Waals surface area contributed by atoms with Crippen molar-refractivity contribution in [1.29, 1.82) is 0 Å². The highest BCUT2D eigenvalue weighted by Gasteiger charge is 2.35. The molecule has 0 fully saturated rings. The van der Waals surface area contributed by atoms with E-state index in [1.54, 1.807) is 6.07 Å². The minimum absolute atomic E-state index is 0.152. The van der Waals surface area contributed by atoms with Gasteiger partial charge >= 0.3 is 0 Å². The maximum absolute atomic E-state index is 12.2. The Morgan fingerprint density at radius 2 is 2.06 bits per heavy atom. The molecule has 1 rings (SSSR count). The maximum atomic E-state index is 12.2. The van der Waals surface area contributed by atoms with Crippen molar-refractivity contribution in [1.82, 2.24) is 4.72 Å². The lowest BCUT2D eigenvalue weighted by Gasteiger charge is -2.30. The van der Waals surface area contributed by atoms with E-state index < -0.39 is 15.6 Å². The highest BCUT2D eigenvalue weighted by molar-refractivity contribution is 7.91. The Labute approximate surface area is 122 Å². The minimum Gasteiger partial charge on any atom is -0.392 e. The van der Waals surface area contributed by atoms with Crippen LogP contribution in [-0.4, -0.2) is 18.9 Å². The second-order valence-corrected chi connectivity index (χ2v) is 7.88. The molecule has 1 aromatic heterocycles. The standard InChI is InChI=1S/C10H15ClN2O2S3/c1-3-10(4-2,9(12)16)13-18(14,15)8-6-5-7(11)17-8/h5-6,13H,3-4H2,1-2H3,(H2,12,16). The van der Waals surface area contributed by atoms with Crippen molar-refractivity contribution in [2.45, 2.75) is 36.4 Å². The summed E-state index contributed by atoms with van der Waals surface area (Å²) in [5.41, 5.74) is 4.78. The van der Waals surface area contributed by atoms with Crippen molar-refractivity contribution >= 4 is 50.2 Å². The minimum atomic E-state index is -3.65. The highest BCUT2D eigenvalue weighted by Crippen LogP contribution is 2.27. The molecule has 8 heteroatoms. The number of thiocarbonyl (C=S) groups is 1. The van der Waals surface area contributed by atoms with Crippen LogP contribution < -0.4 is 10.5 Å². The fourth-order valence-corrected chi connectivity index (χ4v) is 4.95. The first-order chi connectivity index (χ1) is 8.27. The van der Waals surface area contributed by atoms with Gasteiger partial charge in [0.2, 0.25) is 0 Å². The lowest BCUT2D eigenvalue weighted by molar-refractivity contribution is 0.466. The van der Waals surface area contributed by atoms with Crippen LogP contribution in [0.3, 0.4) is 0 Å². The molecule has 0 amide bonds. The van der Waals surface area contributed by atoms with Gasteiger partial charge in [0.05, 0.1) is 14.9 Å². The summed E-state index contributed by atoms with van der Waals surface area (Å²) in [5.74, 6) is 0. The van der Waals surface area contributed by atoms with Gasteiger partial charge in [-0.1, -0.05) is 37.7 Å². The van der Waals surface area contributed by atoms with Gasteiger partial charge < -0.3 is 5.73 Å². The Morgan fingerprint density at radius 1 is 1.50 bits per heavy atom. The topological polar surface area (TPSA) is 72.2 Å². The number of nitrogens with two attached hydrogens (primary N) is 1. The molecule has 4 nitrogen and oxygen atoms in total. The summed E-state index contributed by atoms with van der Waals surface area (Å²) in [5, 5.41) is 0. The Hall–Kier alpha value is -0.210. The highest BCUT2D eigenvalue weighted by atomic mass is 35.5. The number of thiophene rings is 1. The van der Waals surface area contributed by atoms with Gasteiger partial charge in [-0.15, -0.1) is 11.3 Å². The van der Waals surface area contributed by atoms with Gasteiger partial charge in [0.1, 0.15) is 4.21 Å². The van der Waals surface area contributed by atoms with E-state index in [0.29, 0.717) is 17.2 Å². The van der Waals surface area contributed by atoms with Crippen LogP contribution in [0.2, 0.25) is 4.34 Å². The van der Waals surface area contributed by atoms with E-state index in [9.17, 15) is 8.42 Å². The van der Waals surface area contributed by atoms with Crippen molar-refractivity contribution in [2.75, 3.05) is 0 Å². The van der Waals surface area contributed by atoms with E-state index in [4.69, 9.17) is 29.6 Å². The summed E-state index contributed by atoms with van der Waals surface area (Å²) in [7, 11) is -3.65. The fraction of sp³-hybridized carbons (Fsp3) is 0.500. The van der Waals surface area contributed by atoms with Gasteiger partial charge in [0.15, 0.2) is 0 Å². The molecule has 0 aromatic carbocycles. The van der Waals surface area contributed by atoms with Crippen molar-refractivity contribution in [2.24, 2.45) is 5.73 Å². The second-order valence-electron chi connectivity index (χ2n) is 3.82. The second kappa shape index (κ2) is 5.83. The van der Waals surface area contributed by atoms with Crippen LogP contribution in [0.25, 0.3) is 0 Å². The molecule has 0 aliphatic carbocycles. The maximum Gasteiger partial charge on any atom is 0.250 e. The van der Waals surface area contributed by atoms with Crippen LogP contribution in [0.5, 0.6) is 0 Å². The summed E-state index contributed by atoms with van der Waals surface area (Å²) in [6, 6.07) is 3.01. The van der Waals surface area contributed by atoms with E-state index in [-0.39, 0.29) is 9.20 Å². The van der Waals surface area contributed by atoms with Crippen molar-refractivity contribution in [3.05, 3.63) is 16.5 Å². The van der Waals surface area contributed by atoms with Crippen LogP contribution in [0.1, 0.15) is 26.7 Å². The SMILES string of the molecule is CCC(CC)(NS(=O)(=O)c1ccc(Cl)s1)C(N)=S. The van der Waals surface area contributed by atoms with Gasteiger partial charge in [-0.05, 0) is 25.0 Å². The third kappa shape index (κ3) is 3.21. The lowest BCUT2D eigenvalue weighted by Crippen LogP contribution is -2.55. The van der Waals surface area contributed by atoms with E-state index in [2.05, 4.69) is 4.72 Å². The number of rotatable bonds is 6. The molecule has 0 aliphatic rings. The average molecular weight is 327 g/mol. The van der Waals surface area contributed by atoms with Crippen LogP contribution >= 0.6 is 35.2 Å². The molecule has 18 heavy (non-hydrogen) atoms. The lowest BCUT2D eigenvalue weighted by atomic mass is 9.94. The molecular formula is C10H15ClN2O2S3. The predicted octanol–water partition coefficient (Wildman–Crippen LogP) is 2.52. The van der Waals surface area contributed by atoms with Crippen LogP contribution in [0.4, 0.5) is 0 Å². The van der Waals surface area contributed by atoms with E-state index in [0.717, 1.165) is 11.3 Å². The van der Waals surface area contributed by atoms with Crippen molar-refractivity contribution in [3.63, 3.8) is 0 Å². The molecule has 102 valence electrons. The largest absolute Gasteiger partial charge is 0.392 e. The third-order valence-electron chi connectivity index (χ3n) is 2.82. The van der Waals surface area contributed by atoms with Crippen LogP contribution in [0.15, 0.2) is 16.3 Å². The molecule has 0 spiro atoms. The summed E-state index contributed by atoms with van der Waals surface area (Å²) in [6.45, 7) is 3.68. The monoisotopic (exact) mass is 326 g/mol. The Kier molecular flexibility index (Phi) is 5.13. The van der Waals surface area contributed by atoms with Gasteiger partial charge in [-0.25, -0.2) is 8.42 Å². The molecule has 1 aromatic rings. The Bertz CT molecular complexity index is 535. The van der Waals surface area contributed by atoms with Gasteiger partial charge in [-0.3, -0.25) is 0 Å². The number of hydrogen-bond acceptors (Lipinski definition) is 4. The normalized spacial score (nSPS) is 12.6. The number of sulfonamides is 1. The smallest absolute Gasteiger partial charge is 0.250 e. The predicted molar refractivity (Wildman–Crippen MR) is 79.7 cm³/mol. The fourth-order valence-electron chi connectivity index (χ4n) is 1.54. The van der Waals surface area contributed by atoms with E-state index in [1.807, 2.05) is 13.8 Å². The van der Waals surface area contributed by atoms with E-state index in [1.165, 1.54) is 6.07 Å². The number of nitrogens with one attached hydrogen (secondary N) is 1. The van der Waals surface area contributed by atoms with Crippen molar-refractivity contribution in [3.8, 4) is 0 Å². The first kappa shape index (κ1) is 15.8. The molecule has 0 aliphatic heterocycles. The molecular weight excluding hydrogens is 312 g/mol. The molecule has 0 unspecified atom stereocenters. The molecule has 0 radical (unpaired) electrons. The molecule has 1 heterocycles. The van der Waals surface area contributed by atoms with Crippen LogP contribution in [-0.2, 0) is 10.0 Å². The molecule has 0 saturated heterocycles. The molecule has 0 saturated carbocycles. The van der Waals surface area contributed by atoms with E-state index >= 15 is 0 Å². The number of hydrogen-bond donors (Lipinski definition) is 2. The van der Waals surface area contributed by atoms with Gasteiger partial charge in [0, 0.05) is 0 Å².